The molecule has 0 amide bonds. The summed E-state index contributed by atoms with van der Waals surface area (Å²) in [6.45, 7) is 0. The zero-order valence-electron chi connectivity index (χ0n) is 12.2. The minimum Gasteiger partial charge on any atom is -0.504 e. The number of aromatic hydroxyl groups is 2. The molecule has 3 aromatic rings. The normalized spacial score (nSPS) is 9.96. The lowest BCUT2D eigenvalue weighted by Gasteiger charge is -2.08. The van der Waals surface area contributed by atoms with Gasteiger partial charge >= 0.3 is 0 Å². The third-order valence-electron chi connectivity index (χ3n) is 3.12. The lowest BCUT2D eigenvalue weighted by atomic mass is 10.1. The Labute approximate surface area is 143 Å². The van der Waals surface area contributed by atoms with Crippen molar-refractivity contribution in [2.45, 2.75) is 0 Å². The van der Waals surface area contributed by atoms with E-state index in [2.05, 4.69) is 10.3 Å². The summed E-state index contributed by atoms with van der Waals surface area (Å²) >= 11 is 1.45. The Hall–Kier alpha value is -2.44. The molecular weight excluding hydrogens is 336 g/mol. The maximum absolute atomic E-state index is 9.57. The topological polar surface area (TPSA) is 74.6 Å². The number of nitrogens with zero attached hydrogens (tertiary/aromatic N) is 1. The van der Waals surface area contributed by atoms with E-state index in [4.69, 9.17) is 4.74 Å². The Kier molecular flexibility index (Phi) is 5.31. The van der Waals surface area contributed by atoms with E-state index in [0.717, 1.165) is 22.7 Å². The second-order valence-corrected chi connectivity index (χ2v) is 5.42. The van der Waals surface area contributed by atoms with Crippen molar-refractivity contribution in [1.82, 2.24) is 4.98 Å². The van der Waals surface area contributed by atoms with Gasteiger partial charge in [-0.2, -0.15) is 0 Å². The third-order valence-corrected chi connectivity index (χ3v) is 3.88. The maximum atomic E-state index is 9.57. The molecule has 2 aromatic carbocycles. The summed E-state index contributed by atoms with van der Waals surface area (Å²) in [5.74, 6) is 0.428. The van der Waals surface area contributed by atoms with Gasteiger partial charge in [-0.15, -0.1) is 23.7 Å². The quantitative estimate of drug-likeness (QED) is 0.608. The number of methoxy groups -OCH3 is 1. The number of phenolic OH excluding ortho intramolecular Hbond substituents is 2. The zero-order valence-corrected chi connectivity index (χ0v) is 13.8. The van der Waals surface area contributed by atoms with Crippen LogP contribution < -0.4 is 10.1 Å². The molecule has 0 fully saturated rings. The van der Waals surface area contributed by atoms with Gasteiger partial charge < -0.3 is 20.3 Å². The fourth-order valence-electron chi connectivity index (χ4n) is 2.01. The Morgan fingerprint density at radius 2 is 1.87 bits per heavy atom. The summed E-state index contributed by atoms with van der Waals surface area (Å²) < 4.78 is 5.29. The van der Waals surface area contributed by atoms with Crippen LogP contribution in [0, 0.1) is 0 Å². The van der Waals surface area contributed by atoms with Gasteiger partial charge in [0.25, 0.3) is 0 Å². The molecule has 0 saturated carbocycles. The third kappa shape index (κ3) is 3.67. The van der Waals surface area contributed by atoms with Gasteiger partial charge in [-0.1, -0.05) is 12.1 Å². The van der Waals surface area contributed by atoms with Crippen LogP contribution in [0.1, 0.15) is 0 Å². The van der Waals surface area contributed by atoms with Gasteiger partial charge in [0.05, 0.1) is 18.5 Å². The Balaban J connectivity index is 0.00000192. The molecule has 1 heterocycles. The van der Waals surface area contributed by atoms with E-state index in [0.29, 0.717) is 5.13 Å². The van der Waals surface area contributed by atoms with Gasteiger partial charge in [-0.3, -0.25) is 0 Å². The van der Waals surface area contributed by atoms with Crippen molar-refractivity contribution in [2.24, 2.45) is 0 Å². The van der Waals surface area contributed by atoms with Crippen molar-refractivity contribution in [1.29, 1.82) is 0 Å². The number of ether oxygens (including phenoxy) is 1. The number of phenols is 2. The second kappa shape index (κ2) is 7.21. The van der Waals surface area contributed by atoms with Crippen LogP contribution in [0.15, 0.2) is 47.8 Å². The number of benzene rings is 2. The highest BCUT2D eigenvalue weighted by atomic mass is 35.5. The fourth-order valence-corrected chi connectivity index (χ4v) is 2.74. The summed E-state index contributed by atoms with van der Waals surface area (Å²) in [6, 6.07) is 12.2. The number of thiazole rings is 1. The Morgan fingerprint density at radius 1 is 1.09 bits per heavy atom. The van der Waals surface area contributed by atoms with E-state index in [1.807, 2.05) is 29.6 Å². The number of hydrogen-bond donors (Lipinski definition) is 3. The molecule has 1 aromatic heterocycles. The predicted molar refractivity (Wildman–Crippen MR) is 94.4 cm³/mol. The number of halogens is 1. The number of anilines is 2. The summed E-state index contributed by atoms with van der Waals surface area (Å²) in [7, 11) is 1.62. The molecule has 0 spiro atoms. The molecule has 0 bridgehead atoms. The predicted octanol–water partition coefficient (Wildman–Crippen LogP) is 4.40. The first-order chi connectivity index (χ1) is 10.7. The number of hydrogen-bond acceptors (Lipinski definition) is 6. The van der Waals surface area contributed by atoms with Crippen molar-refractivity contribution < 1.29 is 14.9 Å². The lowest BCUT2D eigenvalue weighted by Crippen LogP contribution is -1.93. The summed E-state index contributed by atoms with van der Waals surface area (Å²) in [5, 5.41) is 24.7. The molecule has 5 nitrogen and oxygen atoms in total. The lowest BCUT2D eigenvalue weighted by molar-refractivity contribution is 0.404. The van der Waals surface area contributed by atoms with Crippen LogP contribution in [0.4, 0.5) is 10.8 Å². The number of para-hydroxylation sites is 2. The molecule has 23 heavy (non-hydrogen) atoms. The van der Waals surface area contributed by atoms with E-state index in [1.54, 1.807) is 13.2 Å². The minimum absolute atomic E-state index is 0. The van der Waals surface area contributed by atoms with Crippen molar-refractivity contribution >= 4 is 34.6 Å². The van der Waals surface area contributed by atoms with Crippen molar-refractivity contribution in [3.8, 4) is 28.5 Å². The number of nitrogens with one attached hydrogen (secondary N) is 1. The summed E-state index contributed by atoms with van der Waals surface area (Å²) in [4.78, 5) is 4.48. The van der Waals surface area contributed by atoms with Crippen LogP contribution in [0.3, 0.4) is 0 Å². The molecule has 0 atom stereocenters. The SMILES string of the molecule is COc1ccccc1Nc1nc(-c2ccc(O)c(O)c2)cs1.Cl. The Morgan fingerprint density at radius 3 is 2.61 bits per heavy atom. The molecule has 0 aliphatic rings. The van der Waals surface area contributed by atoms with E-state index in [1.165, 1.54) is 23.5 Å². The molecule has 120 valence electrons. The fraction of sp³-hybridized carbons (Fsp3) is 0.0625. The number of rotatable bonds is 4. The first kappa shape index (κ1) is 16.9. The molecule has 0 unspecified atom stereocenters. The van der Waals surface area contributed by atoms with Gasteiger partial charge in [0, 0.05) is 10.9 Å². The molecular formula is C16H15ClN2O3S. The molecule has 0 radical (unpaired) electrons. The average molecular weight is 351 g/mol. The van der Waals surface area contributed by atoms with Crippen LogP contribution in [-0.2, 0) is 0 Å². The standard InChI is InChI=1S/C16H14N2O3S.ClH/c1-21-15-5-3-2-4-11(15)17-16-18-12(9-22-16)10-6-7-13(19)14(20)8-10;/h2-9,19-20H,1H3,(H,17,18);1H. The first-order valence-electron chi connectivity index (χ1n) is 6.55. The highest BCUT2D eigenvalue weighted by molar-refractivity contribution is 7.14. The smallest absolute Gasteiger partial charge is 0.187 e. The molecule has 0 saturated heterocycles. The van der Waals surface area contributed by atoms with Gasteiger partial charge in [-0.25, -0.2) is 4.98 Å². The largest absolute Gasteiger partial charge is 0.504 e. The van der Waals surface area contributed by atoms with E-state index < -0.39 is 0 Å². The second-order valence-electron chi connectivity index (χ2n) is 4.57. The molecule has 3 N–H and O–H groups in total. The van der Waals surface area contributed by atoms with Gasteiger partial charge in [0.1, 0.15) is 5.75 Å². The highest BCUT2D eigenvalue weighted by Gasteiger charge is 2.09. The molecule has 0 aliphatic heterocycles. The minimum atomic E-state index is -0.162. The van der Waals surface area contributed by atoms with E-state index in [-0.39, 0.29) is 23.9 Å². The van der Waals surface area contributed by atoms with Crippen molar-refractivity contribution in [3.63, 3.8) is 0 Å². The van der Waals surface area contributed by atoms with Crippen molar-refractivity contribution in [2.75, 3.05) is 12.4 Å². The van der Waals surface area contributed by atoms with E-state index >= 15 is 0 Å². The van der Waals surface area contributed by atoms with Crippen LogP contribution >= 0.6 is 23.7 Å². The van der Waals surface area contributed by atoms with Gasteiger partial charge in [0.2, 0.25) is 0 Å². The van der Waals surface area contributed by atoms with Crippen LogP contribution in [0.25, 0.3) is 11.3 Å². The van der Waals surface area contributed by atoms with Crippen LogP contribution in [-0.4, -0.2) is 22.3 Å². The molecule has 7 heteroatoms. The summed E-state index contributed by atoms with van der Waals surface area (Å²) in [6.07, 6.45) is 0. The van der Waals surface area contributed by atoms with Gasteiger partial charge in [-0.05, 0) is 30.3 Å². The zero-order chi connectivity index (χ0) is 15.5. The average Bonchev–Trinajstić information content (AvgIpc) is 2.99. The molecule has 3 rings (SSSR count). The van der Waals surface area contributed by atoms with Gasteiger partial charge in [0.15, 0.2) is 16.6 Å². The summed E-state index contributed by atoms with van der Waals surface area (Å²) in [5.41, 5.74) is 2.29. The van der Waals surface area contributed by atoms with Crippen LogP contribution in [0.2, 0.25) is 0 Å². The Bertz CT molecular complexity index is 808. The van der Waals surface area contributed by atoms with E-state index in [9.17, 15) is 10.2 Å². The monoisotopic (exact) mass is 350 g/mol. The first-order valence-corrected chi connectivity index (χ1v) is 7.43. The van der Waals surface area contributed by atoms with Crippen LogP contribution in [0.5, 0.6) is 17.2 Å². The molecule has 0 aliphatic carbocycles. The number of aromatic nitrogens is 1. The highest BCUT2D eigenvalue weighted by Crippen LogP contribution is 2.34. The van der Waals surface area contributed by atoms with Crippen molar-refractivity contribution in [3.05, 3.63) is 47.8 Å². The maximum Gasteiger partial charge on any atom is 0.187 e.